The molecule has 1 amide bonds. The lowest BCUT2D eigenvalue weighted by Crippen LogP contribution is -2.38. The molecule has 0 atom stereocenters. The molecule has 0 aliphatic carbocycles. The molecule has 0 bridgehead atoms. The normalized spacial score (nSPS) is 15.0. The van der Waals surface area contributed by atoms with Crippen LogP contribution in [0.4, 0.5) is 10.1 Å². The number of likely N-dealkylation sites (tertiary alicyclic amines) is 1. The van der Waals surface area contributed by atoms with Gasteiger partial charge in [0.05, 0.1) is 13.2 Å². The standard InChI is InChI=1S/C23H25FN4O3/c1-2-30-20-8-6-19(7-9-20)25-21(29)15-28-12-10-16(11-13-28)23-26-22(27-31-23)17-4-3-5-18(24)14-17/h3-9,14,16H,2,10-13,15H2,1H3,(H,25,29). The molecule has 3 aromatic rings. The third kappa shape index (κ3) is 5.46. The predicted octanol–water partition coefficient (Wildman–Crippen LogP) is 4.09. The number of benzene rings is 2. The third-order valence-corrected chi connectivity index (χ3v) is 5.28. The maximum atomic E-state index is 13.4. The highest BCUT2D eigenvalue weighted by Crippen LogP contribution is 2.28. The highest BCUT2D eigenvalue weighted by Gasteiger charge is 2.26. The molecule has 2 heterocycles. The van der Waals surface area contributed by atoms with E-state index in [0.717, 1.165) is 37.4 Å². The number of anilines is 1. The molecule has 8 heteroatoms. The van der Waals surface area contributed by atoms with E-state index in [0.29, 0.717) is 30.4 Å². The summed E-state index contributed by atoms with van der Waals surface area (Å²) in [7, 11) is 0. The molecule has 0 saturated carbocycles. The van der Waals surface area contributed by atoms with Gasteiger partial charge in [-0.2, -0.15) is 4.98 Å². The topological polar surface area (TPSA) is 80.5 Å². The molecule has 1 saturated heterocycles. The number of nitrogens with zero attached hydrogens (tertiary/aromatic N) is 3. The number of halogens is 1. The van der Waals surface area contributed by atoms with Crippen LogP contribution in [-0.4, -0.2) is 47.2 Å². The number of nitrogens with one attached hydrogen (secondary N) is 1. The van der Waals surface area contributed by atoms with Crippen LogP contribution in [0.1, 0.15) is 31.6 Å². The summed E-state index contributed by atoms with van der Waals surface area (Å²) < 4.78 is 24.3. The highest BCUT2D eigenvalue weighted by atomic mass is 19.1. The molecule has 31 heavy (non-hydrogen) atoms. The number of aromatic nitrogens is 2. The SMILES string of the molecule is CCOc1ccc(NC(=O)CN2CCC(c3nc(-c4cccc(F)c4)no3)CC2)cc1. The summed E-state index contributed by atoms with van der Waals surface area (Å²) >= 11 is 0. The van der Waals surface area contributed by atoms with E-state index >= 15 is 0 Å². The largest absolute Gasteiger partial charge is 0.494 e. The van der Waals surface area contributed by atoms with Crippen molar-refractivity contribution in [2.75, 3.05) is 31.6 Å². The number of carbonyl (C=O) groups is 1. The maximum absolute atomic E-state index is 13.4. The Kier molecular flexibility index (Phi) is 6.57. The Morgan fingerprint density at radius 2 is 2.00 bits per heavy atom. The van der Waals surface area contributed by atoms with Crippen molar-refractivity contribution in [1.82, 2.24) is 15.0 Å². The number of rotatable bonds is 7. The molecule has 0 spiro atoms. The molecule has 0 radical (unpaired) electrons. The first-order chi connectivity index (χ1) is 15.1. The number of hydrogen-bond acceptors (Lipinski definition) is 6. The number of hydrogen-bond donors (Lipinski definition) is 1. The van der Waals surface area contributed by atoms with E-state index < -0.39 is 0 Å². The number of piperidine rings is 1. The lowest BCUT2D eigenvalue weighted by Gasteiger charge is -2.29. The molecule has 1 fully saturated rings. The average Bonchev–Trinajstić information content (AvgIpc) is 3.26. The van der Waals surface area contributed by atoms with Crippen molar-refractivity contribution in [3.8, 4) is 17.1 Å². The smallest absolute Gasteiger partial charge is 0.238 e. The molecule has 7 nitrogen and oxygen atoms in total. The fourth-order valence-electron chi connectivity index (χ4n) is 3.69. The number of ether oxygens (including phenoxy) is 1. The number of amides is 1. The molecule has 162 valence electrons. The Hall–Kier alpha value is -3.26. The van der Waals surface area contributed by atoms with Gasteiger partial charge < -0.3 is 14.6 Å². The minimum atomic E-state index is -0.333. The van der Waals surface area contributed by atoms with Crippen LogP contribution in [0.2, 0.25) is 0 Å². The van der Waals surface area contributed by atoms with E-state index in [4.69, 9.17) is 9.26 Å². The summed E-state index contributed by atoms with van der Waals surface area (Å²) in [5.74, 6) is 1.50. The van der Waals surface area contributed by atoms with E-state index in [9.17, 15) is 9.18 Å². The molecule has 1 aliphatic heterocycles. The fourth-order valence-corrected chi connectivity index (χ4v) is 3.69. The van der Waals surface area contributed by atoms with Gasteiger partial charge in [0.25, 0.3) is 0 Å². The molecule has 0 unspecified atom stereocenters. The lowest BCUT2D eigenvalue weighted by molar-refractivity contribution is -0.117. The minimum absolute atomic E-state index is 0.0474. The summed E-state index contributed by atoms with van der Waals surface area (Å²) in [6.07, 6.45) is 1.64. The highest BCUT2D eigenvalue weighted by molar-refractivity contribution is 5.92. The van der Waals surface area contributed by atoms with Crippen molar-refractivity contribution in [3.63, 3.8) is 0 Å². The van der Waals surface area contributed by atoms with Crippen LogP contribution in [-0.2, 0) is 4.79 Å². The molecule has 2 aromatic carbocycles. The monoisotopic (exact) mass is 424 g/mol. The average molecular weight is 424 g/mol. The first-order valence-electron chi connectivity index (χ1n) is 10.5. The Bertz CT molecular complexity index is 1010. The van der Waals surface area contributed by atoms with Crippen molar-refractivity contribution >= 4 is 11.6 Å². The lowest BCUT2D eigenvalue weighted by atomic mass is 9.97. The summed E-state index contributed by atoms with van der Waals surface area (Å²) in [6, 6.07) is 13.5. The van der Waals surface area contributed by atoms with Crippen LogP contribution in [0.15, 0.2) is 53.1 Å². The van der Waals surface area contributed by atoms with Gasteiger partial charge in [-0.25, -0.2) is 4.39 Å². The summed E-state index contributed by atoms with van der Waals surface area (Å²) in [5.41, 5.74) is 1.34. The predicted molar refractivity (Wildman–Crippen MR) is 114 cm³/mol. The second-order valence-corrected chi connectivity index (χ2v) is 7.52. The van der Waals surface area contributed by atoms with Gasteiger partial charge in [-0.05, 0) is 69.3 Å². The van der Waals surface area contributed by atoms with E-state index in [-0.39, 0.29) is 17.6 Å². The second kappa shape index (κ2) is 9.70. The Balaban J connectivity index is 1.26. The minimum Gasteiger partial charge on any atom is -0.494 e. The van der Waals surface area contributed by atoms with E-state index in [2.05, 4.69) is 20.4 Å². The van der Waals surface area contributed by atoms with Crippen molar-refractivity contribution in [2.45, 2.75) is 25.7 Å². The van der Waals surface area contributed by atoms with Crippen LogP contribution in [0, 0.1) is 5.82 Å². The first-order valence-corrected chi connectivity index (χ1v) is 10.5. The van der Waals surface area contributed by atoms with Crippen LogP contribution < -0.4 is 10.1 Å². The van der Waals surface area contributed by atoms with Gasteiger partial charge >= 0.3 is 0 Å². The van der Waals surface area contributed by atoms with Crippen LogP contribution in [0.3, 0.4) is 0 Å². The van der Waals surface area contributed by atoms with Gasteiger partial charge in [0.2, 0.25) is 17.6 Å². The van der Waals surface area contributed by atoms with Crippen molar-refractivity contribution < 1.29 is 18.4 Å². The van der Waals surface area contributed by atoms with Gasteiger partial charge in [-0.15, -0.1) is 0 Å². The van der Waals surface area contributed by atoms with Crippen molar-refractivity contribution in [1.29, 1.82) is 0 Å². The van der Waals surface area contributed by atoms with Crippen LogP contribution in [0.5, 0.6) is 5.75 Å². The second-order valence-electron chi connectivity index (χ2n) is 7.52. The van der Waals surface area contributed by atoms with Gasteiger partial charge in [0.1, 0.15) is 11.6 Å². The Morgan fingerprint density at radius 1 is 1.23 bits per heavy atom. The zero-order chi connectivity index (χ0) is 21.6. The Labute approximate surface area is 180 Å². The molecule has 1 aromatic heterocycles. The van der Waals surface area contributed by atoms with E-state index in [1.54, 1.807) is 12.1 Å². The van der Waals surface area contributed by atoms with Crippen LogP contribution in [0.25, 0.3) is 11.4 Å². The Morgan fingerprint density at radius 3 is 2.71 bits per heavy atom. The fraction of sp³-hybridized carbons (Fsp3) is 0.348. The molecule has 1 N–H and O–H groups in total. The van der Waals surface area contributed by atoms with Gasteiger partial charge in [0.15, 0.2) is 0 Å². The summed E-state index contributed by atoms with van der Waals surface area (Å²) in [4.78, 5) is 18.9. The zero-order valence-electron chi connectivity index (χ0n) is 17.4. The van der Waals surface area contributed by atoms with Gasteiger partial charge in [0, 0.05) is 17.2 Å². The number of carbonyl (C=O) groups excluding carboxylic acids is 1. The van der Waals surface area contributed by atoms with Gasteiger partial charge in [-0.1, -0.05) is 17.3 Å². The molecular formula is C23H25FN4O3. The molecule has 1 aliphatic rings. The third-order valence-electron chi connectivity index (χ3n) is 5.28. The van der Waals surface area contributed by atoms with Gasteiger partial charge in [-0.3, -0.25) is 9.69 Å². The summed E-state index contributed by atoms with van der Waals surface area (Å²) in [5, 5.41) is 6.92. The van der Waals surface area contributed by atoms with E-state index in [1.165, 1.54) is 12.1 Å². The van der Waals surface area contributed by atoms with Crippen molar-refractivity contribution in [2.24, 2.45) is 0 Å². The van der Waals surface area contributed by atoms with Crippen molar-refractivity contribution in [3.05, 3.63) is 60.2 Å². The van der Waals surface area contributed by atoms with E-state index in [1.807, 2.05) is 31.2 Å². The zero-order valence-corrected chi connectivity index (χ0v) is 17.4. The van der Waals surface area contributed by atoms with Crippen LogP contribution >= 0.6 is 0 Å². The maximum Gasteiger partial charge on any atom is 0.238 e. The molecule has 4 rings (SSSR count). The first kappa shape index (κ1) is 21.0. The quantitative estimate of drug-likeness (QED) is 0.615. The molecular weight excluding hydrogens is 399 g/mol. The summed E-state index contributed by atoms with van der Waals surface area (Å²) in [6.45, 7) is 4.40.